The van der Waals surface area contributed by atoms with Gasteiger partial charge in [-0.15, -0.1) is 0 Å². The molecule has 0 aliphatic carbocycles. The number of aryl methyl sites for hydroxylation is 1. The van der Waals surface area contributed by atoms with Gasteiger partial charge in [-0.25, -0.2) is 9.78 Å². The van der Waals surface area contributed by atoms with Gasteiger partial charge in [-0.3, -0.25) is 13.9 Å². The number of phenols is 1. The Morgan fingerprint density at radius 1 is 1.22 bits per heavy atom. The van der Waals surface area contributed by atoms with Crippen molar-refractivity contribution in [1.82, 2.24) is 24.0 Å². The number of hydrogen-bond donors (Lipinski definition) is 3. The molecule has 0 amide bonds. The van der Waals surface area contributed by atoms with Gasteiger partial charge in [0.05, 0.1) is 12.4 Å². The number of imidazole rings is 1. The quantitative estimate of drug-likeness (QED) is 0.554. The maximum atomic E-state index is 12.4. The molecule has 0 saturated carbocycles. The minimum absolute atomic E-state index is 0.102. The van der Waals surface area contributed by atoms with Gasteiger partial charge in [0.1, 0.15) is 5.75 Å². The molecule has 2 unspecified atom stereocenters. The van der Waals surface area contributed by atoms with E-state index < -0.39 is 17.4 Å². The molecule has 3 N–H and O–H groups in total. The van der Waals surface area contributed by atoms with Crippen LogP contribution in [0.4, 0.5) is 0 Å². The van der Waals surface area contributed by atoms with Gasteiger partial charge in [-0.1, -0.05) is 12.1 Å². The number of aliphatic hydroxyl groups is 1. The summed E-state index contributed by atoms with van der Waals surface area (Å²) in [5, 5.41) is 23.1. The molecule has 2 atom stereocenters. The van der Waals surface area contributed by atoms with Crippen LogP contribution in [-0.4, -0.2) is 41.5 Å². The predicted octanol–water partition coefficient (Wildman–Crippen LogP) is -0.149. The van der Waals surface area contributed by atoms with Crippen LogP contribution in [-0.2, 0) is 20.6 Å². The zero-order chi connectivity index (χ0) is 19.7. The number of nitrogens with one attached hydrogen (secondary N) is 1. The number of aromatic hydroxyl groups is 1. The molecule has 2 aromatic heterocycles. The fourth-order valence-electron chi connectivity index (χ4n) is 3.09. The van der Waals surface area contributed by atoms with Crippen LogP contribution in [0, 0.1) is 0 Å². The molecule has 3 aromatic rings. The van der Waals surface area contributed by atoms with Gasteiger partial charge in [-0.05, 0) is 24.6 Å². The number of nitrogens with zero attached hydrogens (tertiary/aromatic N) is 4. The van der Waals surface area contributed by atoms with Gasteiger partial charge in [0.15, 0.2) is 11.2 Å². The molecule has 0 radical (unpaired) electrons. The summed E-state index contributed by atoms with van der Waals surface area (Å²) in [4.78, 5) is 28.6. The summed E-state index contributed by atoms with van der Waals surface area (Å²) in [6.07, 6.45) is 0.745. The first kappa shape index (κ1) is 18.9. The molecular weight excluding hydrogens is 350 g/mol. The van der Waals surface area contributed by atoms with Gasteiger partial charge in [0.25, 0.3) is 5.56 Å². The molecule has 0 spiro atoms. The predicted molar refractivity (Wildman–Crippen MR) is 101 cm³/mol. The van der Waals surface area contributed by atoms with Crippen molar-refractivity contribution in [3.63, 3.8) is 0 Å². The molecule has 9 heteroatoms. The minimum Gasteiger partial charge on any atom is -0.508 e. The van der Waals surface area contributed by atoms with Crippen molar-refractivity contribution in [2.75, 3.05) is 6.54 Å². The number of aliphatic hydroxyl groups excluding tert-OH is 1. The minimum atomic E-state index is -0.787. The Morgan fingerprint density at radius 3 is 2.67 bits per heavy atom. The van der Waals surface area contributed by atoms with E-state index in [1.54, 1.807) is 29.8 Å². The highest BCUT2D eigenvalue weighted by molar-refractivity contribution is 5.69. The average Bonchev–Trinajstić information content (AvgIpc) is 3.08. The molecule has 0 bridgehead atoms. The van der Waals surface area contributed by atoms with E-state index in [1.165, 1.54) is 24.0 Å². The lowest BCUT2D eigenvalue weighted by Gasteiger charge is -2.21. The summed E-state index contributed by atoms with van der Waals surface area (Å²) in [6, 6.07) is 6.23. The monoisotopic (exact) mass is 373 g/mol. The number of phenolic OH excluding ortho intramolecular Hbond substituents is 1. The number of rotatable bonds is 6. The Hall–Kier alpha value is -2.91. The van der Waals surface area contributed by atoms with Crippen LogP contribution >= 0.6 is 0 Å². The second-order valence-electron chi connectivity index (χ2n) is 6.60. The zero-order valence-corrected chi connectivity index (χ0v) is 15.5. The second-order valence-corrected chi connectivity index (χ2v) is 6.60. The number of fused-ring (bicyclic) bond motifs is 1. The SMILES string of the molecule is CC(NCCn1cnc2c1c(=O)n(C)c(=O)n2C)C(O)c1cccc(O)c1. The number of aromatic nitrogens is 4. The first-order chi connectivity index (χ1) is 12.8. The molecule has 2 heterocycles. The van der Waals surface area contributed by atoms with Gasteiger partial charge in [-0.2, -0.15) is 0 Å². The first-order valence-corrected chi connectivity index (χ1v) is 8.62. The number of benzene rings is 1. The summed E-state index contributed by atoms with van der Waals surface area (Å²) in [7, 11) is 3.01. The molecular formula is C18H23N5O4. The smallest absolute Gasteiger partial charge is 0.332 e. The Balaban J connectivity index is 1.72. The second kappa shape index (κ2) is 7.37. The Bertz CT molecular complexity index is 1080. The standard InChI is InChI=1S/C18H23N5O4/c1-11(15(25)12-5-4-6-13(24)9-12)19-7-8-23-10-20-16-14(23)17(26)22(3)18(27)21(16)2/h4-6,9-11,15,19,24-25H,7-8H2,1-3H3. The molecule has 0 saturated heterocycles. The van der Waals surface area contributed by atoms with E-state index >= 15 is 0 Å². The molecule has 144 valence electrons. The highest BCUT2D eigenvalue weighted by Gasteiger charge is 2.17. The van der Waals surface area contributed by atoms with Crippen LogP contribution < -0.4 is 16.6 Å². The van der Waals surface area contributed by atoms with Crippen molar-refractivity contribution in [2.24, 2.45) is 14.1 Å². The third kappa shape index (κ3) is 3.51. The largest absolute Gasteiger partial charge is 0.508 e. The summed E-state index contributed by atoms with van der Waals surface area (Å²) < 4.78 is 4.09. The van der Waals surface area contributed by atoms with Crippen molar-refractivity contribution in [3.05, 3.63) is 57.0 Å². The Labute approximate surface area is 155 Å². The third-order valence-electron chi connectivity index (χ3n) is 4.72. The lowest BCUT2D eigenvalue weighted by atomic mass is 10.0. The highest BCUT2D eigenvalue weighted by atomic mass is 16.3. The molecule has 9 nitrogen and oxygen atoms in total. The molecule has 27 heavy (non-hydrogen) atoms. The van der Waals surface area contributed by atoms with E-state index in [9.17, 15) is 19.8 Å². The first-order valence-electron chi connectivity index (χ1n) is 8.62. The van der Waals surface area contributed by atoms with Crippen molar-refractivity contribution in [2.45, 2.75) is 25.6 Å². The third-order valence-corrected chi connectivity index (χ3v) is 4.72. The van der Waals surface area contributed by atoms with Crippen molar-refractivity contribution < 1.29 is 10.2 Å². The van der Waals surface area contributed by atoms with Crippen molar-refractivity contribution in [3.8, 4) is 5.75 Å². The van der Waals surface area contributed by atoms with E-state index in [4.69, 9.17) is 0 Å². The van der Waals surface area contributed by atoms with Crippen LogP contribution in [0.15, 0.2) is 40.2 Å². The van der Waals surface area contributed by atoms with Gasteiger partial charge in [0.2, 0.25) is 0 Å². The zero-order valence-electron chi connectivity index (χ0n) is 15.5. The summed E-state index contributed by atoms with van der Waals surface area (Å²) >= 11 is 0. The van der Waals surface area contributed by atoms with Crippen LogP contribution in [0.1, 0.15) is 18.6 Å². The molecule has 0 aliphatic rings. The van der Waals surface area contributed by atoms with Crippen LogP contribution in [0.5, 0.6) is 5.75 Å². The van der Waals surface area contributed by atoms with E-state index in [0.29, 0.717) is 29.8 Å². The van der Waals surface area contributed by atoms with E-state index in [0.717, 1.165) is 4.57 Å². The van der Waals surface area contributed by atoms with Gasteiger partial charge >= 0.3 is 5.69 Å². The summed E-state index contributed by atoms with van der Waals surface area (Å²) in [5.74, 6) is 0.102. The van der Waals surface area contributed by atoms with E-state index in [1.807, 2.05) is 6.92 Å². The fraction of sp³-hybridized carbons (Fsp3) is 0.389. The maximum Gasteiger partial charge on any atom is 0.332 e. The van der Waals surface area contributed by atoms with Crippen LogP contribution in [0.3, 0.4) is 0 Å². The average molecular weight is 373 g/mol. The van der Waals surface area contributed by atoms with Crippen LogP contribution in [0.25, 0.3) is 11.2 Å². The molecule has 0 aliphatic heterocycles. The Morgan fingerprint density at radius 2 is 1.96 bits per heavy atom. The topological polar surface area (TPSA) is 114 Å². The molecule has 0 fully saturated rings. The summed E-state index contributed by atoms with van der Waals surface area (Å²) in [5.41, 5.74) is 0.516. The van der Waals surface area contributed by atoms with E-state index in [-0.39, 0.29) is 11.8 Å². The summed E-state index contributed by atoms with van der Waals surface area (Å²) in [6.45, 7) is 2.76. The highest BCUT2D eigenvalue weighted by Crippen LogP contribution is 2.20. The van der Waals surface area contributed by atoms with Crippen molar-refractivity contribution in [1.29, 1.82) is 0 Å². The lowest BCUT2D eigenvalue weighted by molar-refractivity contribution is 0.135. The van der Waals surface area contributed by atoms with Gasteiger partial charge < -0.3 is 20.1 Å². The lowest BCUT2D eigenvalue weighted by Crippen LogP contribution is -2.38. The molecule has 1 aromatic carbocycles. The fourth-order valence-corrected chi connectivity index (χ4v) is 3.09. The van der Waals surface area contributed by atoms with Gasteiger partial charge in [0, 0.05) is 33.2 Å². The van der Waals surface area contributed by atoms with E-state index in [2.05, 4.69) is 10.3 Å². The molecule has 3 rings (SSSR count). The van der Waals surface area contributed by atoms with Crippen LogP contribution in [0.2, 0.25) is 0 Å². The van der Waals surface area contributed by atoms with Crippen molar-refractivity contribution >= 4 is 11.2 Å². The maximum absolute atomic E-state index is 12.4. The number of hydrogen-bond acceptors (Lipinski definition) is 6. The Kier molecular flexibility index (Phi) is 5.15. The normalized spacial score (nSPS) is 13.8.